The number of nitrogens with zero attached hydrogens (tertiary/aromatic N) is 4. The molecule has 7 heteroatoms. The maximum Gasteiger partial charge on any atom is 0.248 e. The molecule has 7 nitrogen and oxygen atoms in total. The van der Waals surface area contributed by atoms with Gasteiger partial charge in [0.2, 0.25) is 5.91 Å². The minimum atomic E-state index is -0.447. The van der Waals surface area contributed by atoms with Gasteiger partial charge in [-0.3, -0.25) is 4.79 Å². The highest BCUT2D eigenvalue weighted by atomic mass is 16.1. The Balaban J connectivity index is 1.84. The Hall–Kier alpha value is -2.96. The average molecular weight is 336 g/mol. The molecule has 1 amide bonds. The lowest BCUT2D eigenvalue weighted by atomic mass is 10.1. The molecule has 0 aliphatic heterocycles. The number of hydrogen-bond donors (Lipinski definition) is 2. The van der Waals surface area contributed by atoms with Gasteiger partial charge in [-0.1, -0.05) is 12.1 Å². The summed E-state index contributed by atoms with van der Waals surface area (Å²) in [5.74, 6) is 0.923. The van der Waals surface area contributed by atoms with E-state index in [0.717, 1.165) is 35.4 Å². The standard InChI is InChI=1S/C18H20N6O/c1-10(2)24-9-20-14-17(21-13-7-8-13)22-16(23-18(14)24)12-5-3-11(4-6-12)15(19)25/h3-6,9-10,13H,7-8H2,1-2H3,(H2,19,25)(H,21,22,23). The molecule has 2 heterocycles. The maximum absolute atomic E-state index is 11.3. The van der Waals surface area contributed by atoms with E-state index in [0.29, 0.717) is 17.4 Å². The summed E-state index contributed by atoms with van der Waals surface area (Å²) in [6.07, 6.45) is 4.11. The first-order valence-corrected chi connectivity index (χ1v) is 8.44. The third-order valence-corrected chi connectivity index (χ3v) is 4.32. The van der Waals surface area contributed by atoms with Gasteiger partial charge in [0.15, 0.2) is 17.3 Å². The van der Waals surface area contributed by atoms with E-state index >= 15 is 0 Å². The Morgan fingerprint density at radius 1 is 1.24 bits per heavy atom. The summed E-state index contributed by atoms with van der Waals surface area (Å²) < 4.78 is 2.04. The minimum absolute atomic E-state index is 0.249. The normalized spacial score (nSPS) is 14.2. The Morgan fingerprint density at radius 3 is 2.56 bits per heavy atom. The molecule has 25 heavy (non-hydrogen) atoms. The van der Waals surface area contributed by atoms with Crippen LogP contribution in [0.5, 0.6) is 0 Å². The van der Waals surface area contributed by atoms with Crippen molar-refractivity contribution < 1.29 is 4.79 Å². The van der Waals surface area contributed by atoms with Crippen LogP contribution in [0.3, 0.4) is 0 Å². The van der Waals surface area contributed by atoms with Gasteiger partial charge in [-0.2, -0.15) is 0 Å². The van der Waals surface area contributed by atoms with Crippen LogP contribution in [-0.2, 0) is 0 Å². The molecule has 0 spiro atoms. The van der Waals surface area contributed by atoms with Crippen LogP contribution in [0.25, 0.3) is 22.6 Å². The maximum atomic E-state index is 11.3. The van der Waals surface area contributed by atoms with Crippen LogP contribution in [-0.4, -0.2) is 31.5 Å². The van der Waals surface area contributed by atoms with Gasteiger partial charge in [-0.25, -0.2) is 15.0 Å². The molecule has 0 unspecified atom stereocenters. The quantitative estimate of drug-likeness (QED) is 0.746. The second-order valence-electron chi connectivity index (χ2n) is 6.67. The van der Waals surface area contributed by atoms with E-state index in [1.165, 1.54) is 0 Å². The monoisotopic (exact) mass is 336 g/mol. The van der Waals surface area contributed by atoms with Gasteiger partial charge in [0, 0.05) is 23.2 Å². The predicted octanol–water partition coefficient (Wildman–Crippen LogP) is 2.75. The van der Waals surface area contributed by atoms with Gasteiger partial charge in [0.25, 0.3) is 0 Å². The fraction of sp³-hybridized carbons (Fsp3) is 0.333. The van der Waals surface area contributed by atoms with E-state index in [4.69, 9.17) is 10.7 Å². The number of fused-ring (bicyclic) bond motifs is 1. The highest BCUT2D eigenvalue weighted by Gasteiger charge is 2.24. The number of anilines is 1. The Bertz CT molecular complexity index is 940. The summed E-state index contributed by atoms with van der Waals surface area (Å²) in [5.41, 5.74) is 8.21. The van der Waals surface area contributed by atoms with Crippen molar-refractivity contribution in [2.24, 2.45) is 5.73 Å². The lowest BCUT2D eigenvalue weighted by Crippen LogP contribution is -2.10. The van der Waals surface area contributed by atoms with Crippen LogP contribution in [0.4, 0.5) is 5.82 Å². The molecule has 0 atom stereocenters. The van der Waals surface area contributed by atoms with Crippen LogP contribution in [0.1, 0.15) is 43.1 Å². The van der Waals surface area contributed by atoms with Gasteiger partial charge in [-0.05, 0) is 38.8 Å². The zero-order valence-electron chi connectivity index (χ0n) is 14.2. The molecule has 1 fully saturated rings. The van der Waals surface area contributed by atoms with E-state index in [-0.39, 0.29) is 6.04 Å². The lowest BCUT2D eigenvalue weighted by molar-refractivity contribution is 0.100. The Kier molecular flexibility index (Phi) is 3.63. The van der Waals surface area contributed by atoms with Crippen LogP contribution < -0.4 is 11.1 Å². The van der Waals surface area contributed by atoms with Crippen LogP contribution >= 0.6 is 0 Å². The van der Waals surface area contributed by atoms with Gasteiger partial charge in [-0.15, -0.1) is 0 Å². The third-order valence-electron chi connectivity index (χ3n) is 4.32. The first-order chi connectivity index (χ1) is 12.0. The first-order valence-electron chi connectivity index (χ1n) is 8.44. The van der Waals surface area contributed by atoms with Crippen molar-refractivity contribution in [3.8, 4) is 11.4 Å². The summed E-state index contributed by atoms with van der Waals surface area (Å²) in [7, 11) is 0. The fourth-order valence-electron chi connectivity index (χ4n) is 2.73. The van der Waals surface area contributed by atoms with Crippen molar-refractivity contribution >= 4 is 22.9 Å². The largest absolute Gasteiger partial charge is 0.366 e. The van der Waals surface area contributed by atoms with Gasteiger partial charge >= 0.3 is 0 Å². The van der Waals surface area contributed by atoms with Crippen molar-refractivity contribution in [2.75, 3.05) is 5.32 Å². The van der Waals surface area contributed by atoms with Crippen molar-refractivity contribution in [3.63, 3.8) is 0 Å². The van der Waals surface area contributed by atoms with Crippen molar-refractivity contribution in [2.45, 2.75) is 38.8 Å². The number of aromatic nitrogens is 4. The molecule has 1 saturated carbocycles. The number of primary amides is 1. The number of nitrogens with two attached hydrogens (primary N) is 1. The van der Waals surface area contributed by atoms with E-state index in [1.807, 2.05) is 23.0 Å². The number of nitrogens with one attached hydrogen (secondary N) is 1. The SMILES string of the molecule is CC(C)n1cnc2c(NC3CC3)nc(-c3ccc(C(N)=O)cc3)nc21. The van der Waals surface area contributed by atoms with E-state index in [2.05, 4.69) is 29.1 Å². The van der Waals surface area contributed by atoms with Crippen LogP contribution in [0.15, 0.2) is 30.6 Å². The molecule has 3 aromatic rings. The number of imidazole rings is 1. The third kappa shape index (κ3) is 2.93. The van der Waals surface area contributed by atoms with Crippen LogP contribution in [0, 0.1) is 0 Å². The second-order valence-corrected chi connectivity index (χ2v) is 6.67. The molecule has 128 valence electrons. The Morgan fingerprint density at radius 2 is 1.96 bits per heavy atom. The first kappa shape index (κ1) is 15.6. The average Bonchev–Trinajstić information content (AvgIpc) is 3.30. The van der Waals surface area contributed by atoms with Gasteiger partial charge < -0.3 is 15.6 Å². The molecule has 1 aliphatic rings. The molecular weight excluding hydrogens is 316 g/mol. The van der Waals surface area contributed by atoms with Crippen molar-refractivity contribution in [1.29, 1.82) is 0 Å². The van der Waals surface area contributed by atoms with E-state index in [9.17, 15) is 4.79 Å². The molecule has 1 aromatic carbocycles. The topological polar surface area (TPSA) is 98.7 Å². The van der Waals surface area contributed by atoms with E-state index in [1.54, 1.807) is 12.1 Å². The Labute approximate surface area is 145 Å². The molecule has 4 rings (SSSR count). The summed E-state index contributed by atoms with van der Waals surface area (Å²) in [5, 5.41) is 3.45. The molecule has 1 aliphatic carbocycles. The molecule has 0 radical (unpaired) electrons. The lowest BCUT2D eigenvalue weighted by Gasteiger charge is -2.11. The van der Waals surface area contributed by atoms with Crippen molar-refractivity contribution in [1.82, 2.24) is 19.5 Å². The number of carbonyl (C=O) groups is 1. The number of hydrogen-bond acceptors (Lipinski definition) is 5. The minimum Gasteiger partial charge on any atom is -0.366 e. The zero-order valence-corrected chi connectivity index (χ0v) is 14.2. The highest BCUT2D eigenvalue weighted by Crippen LogP contribution is 2.30. The van der Waals surface area contributed by atoms with Gasteiger partial charge in [0.1, 0.15) is 5.52 Å². The smallest absolute Gasteiger partial charge is 0.248 e. The number of amides is 1. The van der Waals surface area contributed by atoms with E-state index < -0.39 is 5.91 Å². The number of rotatable bonds is 5. The van der Waals surface area contributed by atoms with Crippen LogP contribution in [0.2, 0.25) is 0 Å². The zero-order chi connectivity index (χ0) is 17.6. The summed E-state index contributed by atoms with van der Waals surface area (Å²) in [4.78, 5) is 25.2. The second kappa shape index (κ2) is 5.84. The molecular formula is C18H20N6O. The highest BCUT2D eigenvalue weighted by molar-refractivity contribution is 5.93. The van der Waals surface area contributed by atoms with Gasteiger partial charge in [0.05, 0.1) is 6.33 Å². The molecule has 0 saturated heterocycles. The molecule has 3 N–H and O–H groups in total. The summed E-state index contributed by atoms with van der Waals surface area (Å²) >= 11 is 0. The fourth-order valence-corrected chi connectivity index (χ4v) is 2.73. The molecule has 2 aromatic heterocycles. The summed E-state index contributed by atoms with van der Waals surface area (Å²) in [6.45, 7) is 4.19. The predicted molar refractivity (Wildman–Crippen MR) is 96.3 cm³/mol. The summed E-state index contributed by atoms with van der Waals surface area (Å²) in [6, 6.07) is 7.74. The molecule has 0 bridgehead atoms. The van der Waals surface area contributed by atoms with Crippen molar-refractivity contribution in [3.05, 3.63) is 36.2 Å². The number of carbonyl (C=O) groups excluding carboxylic acids is 1. The number of benzene rings is 1.